The predicted molar refractivity (Wildman–Crippen MR) is 142 cm³/mol. The molecule has 3 aromatic rings. The van der Waals surface area contributed by atoms with Crippen LogP contribution < -0.4 is 5.73 Å². The molecule has 202 valence electrons. The number of benzene rings is 2. The van der Waals surface area contributed by atoms with Gasteiger partial charge in [0.05, 0.1) is 30.0 Å². The van der Waals surface area contributed by atoms with Crippen LogP contribution in [-0.2, 0) is 9.47 Å². The number of halogens is 4. The number of aliphatic hydroxyl groups excluding tert-OH is 1. The maximum Gasteiger partial charge on any atom is 0.178 e. The molecule has 0 amide bonds. The number of hydrogen-bond acceptors (Lipinski definition) is 7. The largest absolute Gasteiger partial charge is 0.404 e. The number of aliphatic imine (C=N–C) groups is 1. The molecule has 38 heavy (non-hydrogen) atoms. The summed E-state index contributed by atoms with van der Waals surface area (Å²) in [5.74, 6) is -1.51. The summed E-state index contributed by atoms with van der Waals surface area (Å²) in [5.41, 5.74) is 7.21. The lowest BCUT2D eigenvalue weighted by molar-refractivity contribution is -0.216. The Balaban J connectivity index is 1.63. The first-order valence-corrected chi connectivity index (χ1v) is 12.6. The minimum Gasteiger partial charge on any atom is -0.404 e. The molecule has 1 aliphatic rings. The zero-order valence-electron chi connectivity index (χ0n) is 20.9. The smallest absolute Gasteiger partial charge is 0.178 e. The molecule has 0 saturated carbocycles. The number of aliphatic hydroxyl groups is 1. The second kappa shape index (κ2) is 11.9. The van der Waals surface area contributed by atoms with Crippen molar-refractivity contribution in [1.82, 2.24) is 14.8 Å². The van der Waals surface area contributed by atoms with Gasteiger partial charge in [0.2, 0.25) is 0 Å². The van der Waals surface area contributed by atoms with Gasteiger partial charge in [-0.25, -0.2) is 18.4 Å². The first-order chi connectivity index (χ1) is 18.1. The Labute approximate surface area is 228 Å². The number of ether oxygens (including phenoxy) is 2. The van der Waals surface area contributed by atoms with Crippen molar-refractivity contribution < 1.29 is 23.4 Å². The van der Waals surface area contributed by atoms with Crippen LogP contribution in [0.2, 0.25) is 10.0 Å². The van der Waals surface area contributed by atoms with Crippen LogP contribution in [-0.4, -0.2) is 57.5 Å². The van der Waals surface area contributed by atoms with Crippen molar-refractivity contribution in [2.24, 2.45) is 10.7 Å². The number of rotatable bonds is 9. The number of aromatic nitrogens is 3. The Bertz CT molecular complexity index is 1380. The molecule has 12 heteroatoms. The van der Waals surface area contributed by atoms with E-state index in [4.69, 9.17) is 38.4 Å². The molecule has 4 atom stereocenters. The molecular weight excluding hydrogens is 539 g/mol. The molecule has 3 N–H and O–H groups in total. The van der Waals surface area contributed by atoms with E-state index in [0.29, 0.717) is 29.0 Å². The van der Waals surface area contributed by atoms with E-state index in [1.54, 1.807) is 23.7 Å². The Morgan fingerprint density at radius 2 is 2.05 bits per heavy atom. The van der Waals surface area contributed by atoms with Crippen molar-refractivity contribution >= 4 is 35.0 Å². The van der Waals surface area contributed by atoms with Gasteiger partial charge >= 0.3 is 0 Å². The van der Waals surface area contributed by atoms with Gasteiger partial charge in [-0.15, -0.1) is 0 Å². The summed E-state index contributed by atoms with van der Waals surface area (Å²) in [6, 6.07) is 7.90. The van der Waals surface area contributed by atoms with Gasteiger partial charge in [-0.1, -0.05) is 29.3 Å². The average Bonchev–Trinajstić information content (AvgIpc) is 3.27. The lowest BCUT2D eigenvalue weighted by atomic mass is 10.1. The average molecular weight is 566 g/mol. The normalized spacial score (nSPS) is 19.5. The van der Waals surface area contributed by atoms with Gasteiger partial charge < -0.3 is 20.3 Å². The van der Waals surface area contributed by atoms with Crippen molar-refractivity contribution in [3.63, 3.8) is 0 Å². The molecule has 0 radical (unpaired) electrons. The van der Waals surface area contributed by atoms with Gasteiger partial charge in [0.15, 0.2) is 17.5 Å². The summed E-state index contributed by atoms with van der Waals surface area (Å²) < 4.78 is 41.6. The summed E-state index contributed by atoms with van der Waals surface area (Å²) in [4.78, 5) is 8.78. The van der Waals surface area contributed by atoms with Crippen LogP contribution in [0.4, 0.5) is 8.78 Å². The molecule has 1 saturated heterocycles. The number of allylic oxidation sites excluding steroid dienone is 1. The highest BCUT2D eigenvalue weighted by Gasteiger charge is 2.37. The first kappa shape index (κ1) is 28.1. The van der Waals surface area contributed by atoms with E-state index >= 15 is 0 Å². The molecule has 8 nitrogen and oxygen atoms in total. The molecule has 1 aromatic heterocycles. The Morgan fingerprint density at radius 3 is 2.71 bits per heavy atom. The van der Waals surface area contributed by atoms with E-state index in [2.05, 4.69) is 15.1 Å². The second-order valence-corrected chi connectivity index (χ2v) is 9.74. The van der Waals surface area contributed by atoms with E-state index in [0.717, 1.165) is 11.8 Å². The van der Waals surface area contributed by atoms with Crippen LogP contribution in [0.5, 0.6) is 0 Å². The van der Waals surface area contributed by atoms with Crippen LogP contribution in [0, 0.1) is 25.5 Å². The van der Waals surface area contributed by atoms with Gasteiger partial charge in [-0.3, -0.25) is 4.99 Å². The molecule has 1 fully saturated rings. The van der Waals surface area contributed by atoms with E-state index < -0.39 is 23.8 Å². The zero-order chi connectivity index (χ0) is 27.6. The topological polar surface area (TPSA) is 108 Å². The fraction of sp³-hybridized carbons (Fsp3) is 0.346. The SMILES string of the molecule is Cc1nc(C(OC2COC2C)[C@@H](O)CN=CC(=CN)c2ccc(Cl)c(F)c2F)n(-c2cc(Cl)ccc2C)n1. The Kier molecular flexibility index (Phi) is 8.79. The lowest BCUT2D eigenvalue weighted by Gasteiger charge is -2.37. The van der Waals surface area contributed by atoms with Crippen LogP contribution in [0.3, 0.4) is 0 Å². The van der Waals surface area contributed by atoms with Gasteiger partial charge in [-0.2, -0.15) is 5.10 Å². The second-order valence-electron chi connectivity index (χ2n) is 8.90. The zero-order valence-corrected chi connectivity index (χ0v) is 22.4. The van der Waals surface area contributed by atoms with Crippen molar-refractivity contribution in [3.8, 4) is 5.69 Å². The number of hydrogen-bond donors (Lipinski definition) is 2. The molecule has 2 aromatic carbocycles. The highest BCUT2D eigenvalue weighted by molar-refractivity contribution is 6.31. The lowest BCUT2D eigenvalue weighted by Crippen LogP contribution is -2.47. The van der Waals surface area contributed by atoms with E-state index in [9.17, 15) is 13.9 Å². The van der Waals surface area contributed by atoms with Crippen LogP contribution in [0.1, 0.15) is 35.8 Å². The molecular formula is C26H27Cl2F2N5O3. The van der Waals surface area contributed by atoms with E-state index in [1.807, 2.05) is 19.9 Å². The predicted octanol–water partition coefficient (Wildman–Crippen LogP) is 4.75. The quantitative estimate of drug-likeness (QED) is 0.286. The fourth-order valence-corrected chi connectivity index (χ4v) is 4.25. The van der Waals surface area contributed by atoms with Crippen LogP contribution >= 0.6 is 23.2 Å². The first-order valence-electron chi connectivity index (χ1n) is 11.8. The number of nitrogens with zero attached hydrogens (tertiary/aromatic N) is 4. The third-order valence-electron chi connectivity index (χ3n) is 6.16. The molecule has 2 heterocycles. The summed E-state index contributed by atoms with van der Waals surface area (Å²) in [6.45, 7) is 5.70. The van der Waals surface area contributed by atoms with Gasteiger partial charge in [0.1, 0.15) is 24.1 Å². The van der Waals surface area contributed by atoms with Crippen molar-refractivity contribution in [1.29, 1.82) is 0 Å². The highest BCUT2D eigenvalue weighted by atomic mass is 35.5. The maximum absolute atomic E-state index is 14.4. The Morgan fingerprint density at radius 1 is 1.29 bits per heavy atom. The number of aryl methyl sites for hydroxylation is 2. The van der Waals surface area contributed by atoms with E-state index in [1.165, 1.54) is 18.3 Å². The standard InChI is InChI=1S/C26H27Cl2F2N5O3/c1-13-4-5-17(27)8-20(13)35-26(33-15(3)34-35)25(38-22-12-37-14(22)2)21(36)11-32-10-16(9-31)18-6-7-19(28)24(30)23(18)29/h4-10,14,21-22,25,36H,11-12,31H2,1-3H3/t14?,21-,22?,25?/m0/s1. The van der Waals surface area contributed by atoms with Crippen LogP contribution in [0.15, 0.2) is 41.5 Å². The molecule has 4 rings (SSSR count). The van der Waals surface area contributed by atoms with Gasteiger partial charge in [0.25, 0.3) is 0 Å². The minimum atomic E-state index is -1.19. The summed E-state index contributed by atoms with van der Waals surface area (Å²) in [7, 11) is 0. The van der Waals surface area contributed by atoms with Gasteiger partial charge in [0, 0.05) is 28.6 Å². The van der Waals surface area contributed by atoms with Gasteiger partial charge in [-0.05, 0) is 50.6 Å². The third-order valence-corrected chi connectivity index (χ3v) is 6.69. The summed E-state index contributed by atoms with van der Waals surface area (Å²) >= 11 is 11.9. The fourth-order valence-electron chi connectivity index (χ4n) is 3.94. The number of nitrogens with two attached hydrogens (primary N) is 1. The molecule has 1 aliphatic heterocycles. The van der Waals surface area contributed by atoms with Crippen molar-refractivity contribution in [2.45, 2.75) is 45.2 Å². The molecule has 0 bridgehead atoms. The molecule has 3 unspecified atom stereocenters. The monoisotopic (exact) mass is 565 g/mol. The van der Waals surface area contributed by atoms with Crippen molar-refractivity contribution in [3.05, 3.63) is 81.0 Å². The maximum atomic E-state index is 14.4. The van der Waals surface area contributed by atoms with E-state index in [-0.39, 0.29) is 34.9 Å². The molecule has 0 aliphatic carbocycles. The summed E-state index contributed by atoms with van der Waals surface area (Å²) in [5, 5.41) is 15.9. The molecule has 0 spiro atoms. The van der Waals surface area contributed by atoms with Crippen LogP contribution in [0.25, 0.3) is 11.3 Å². The highest BCUT2D eigenvalue weighted by Crippen LogP contribution is 2.31. The summed E-state index contributed by atoms with van der Waals surface area (Å²) in [6.07, 6.45) is -0.253. The minimum absolute atomic E-state index is 0.109. The van der Waals surface area contributed by atoms with Crippen molar-refractivity contribution in [2.75, 3.05) is 13.2 Å². The third kappa shape index (κ3) is 5.89. The Hall–Kier alpha value is -2.89.